The van der Waals surface area contributed by atoms with E-state index in [9.17, 15) is 9.59 Å². The van der Waals surface area contributed by atoms with Gasteiger partial charge in [0.15, 0.2) is 6.61 Å². The van der Waals surface area contributed by atoms with Gasteiger partial charge >= 0.3 is 5.97 Å². The van der Waals surface area contributed by atoms with E-state index in [1.165, 1.54) is 6.20 Å². The first-order valence-electron chi connectivity index (χ1n) is 5.09. The molecule has 92 valence electrons. The van der Waals surface area contributed by atoms with Gasteiger partial charge in [-0.3, -0.25) is 9.48 Å². The van der Waals surface area contributed by atoms with Gasteiger partial charge in [0.25, 0.3) is 5.91 Å². The summed E-state index contributed by atoms with van der Waals surface area (Å²) in [6.07, 6.45) is 2.96. The van der Waals surface area contributed by atoms with Gasteiger partial charge in [0.1, 0.15) is 5.56 Å². The molecule has 0 radical (unpaired) electrons. The number of rotatable bonds is 5. The number of carbonyl (C=O) groups is 2. The van der Waals surface area contributed by atoms with E-state index in [1.54, 1.807) is 24.7 Å². The Morgan fingerprint density at radius 1 is 1.65 bits per heavy atom. The Bertz CT molecular complexity index is 437. The number of hydrogen-bond donors (Lipinski definition) is 1. The van der Waals surface area contributed by atoms with Crippen molar-refractivity contribution in [1.82, 2.24) is 15.1 Å². The third kappa shape index (κ3) is 3.44. The van der Waals surface area contributed by atoms with Crippen LogP contribution >= 0.6 is 0 Å². The molecule has 17 heavy (non-hydrogen) atoms. The molecular weight excluding hydrogens is 222 g/mol. The average molecular weight is 237 g/mol. The fourth-order valence-electron chi connectivity index (χ4n) is 1.14. The molecule has 0 saturated heterocycles. The van der Waals surface area contributed by atoms with Crippen molar-refractivity contribution in [1.29, 1.82) is 0 Å². The topological polar surface area (TPSA) is 73.2 Å². The van der Waals surface area contributed by atoms with Crippen molar-refractivity contribution in [2.45, 2.75) is 6.92 Å². The zero-order chi connectivity index (χ0) is 12.8. The molecule has 1 N–H and O–H groups in total. The third-order valence-corrected chi connectivity index (χ3v) is 2.23. The largest absolute Gasteiger partial charge is 0.452 e. The second-order valence-corrected chi connectivity index (χ2v) is 3.44. The van der Waals surface area contributed by atoms with Crippen molar-refractivity contribution in [3.63, 3.8) is 0 Å². The van der Waals surface area contributed by atoms with Crippen molar-refractivity contribution in [3.05, 3.63) is 30.1 Å². The molecule has 1 amide bonds. The summed E-state index contributed by atoms with van der Waals surface area (Å²) in [6, 6.07) is 0. The van der Waals surface area contributed by atoms with Crippen LogP contribution in [0.5, 0.6) is 0 Å². The first kappa shape index (κ1) is 13.0. The van der Waals surface area contributed by atoms with Crippen LogP contribution in [0.3, 0.4) is 0 Å². The molecule has 0 saturated carbocycles. The van der Waals surface area contributed by atoms with E-state index in [4.69, 9.17) is 4.74 Å². The first-order valence-corrected chi connectivity index (χ1v) is 5.09. The number of nitrogens with zero attached hydrogens (tertiary/aromatic N) is 2. The lowest BCUT2D eigenvalue weighted by Gasteiger charge is -2.04. The molecule has 0 aliphatic carbocycles. The summed E-state index contributed by atoms with van der Waals surface area (Å²) in [4.78, 5) is 22.8. The Morgan fingerprint density at radius 2 is 2.35 bits per heavy atom. The Kier molecular flexibility index (Phi) is 4.45. The summed E-state index contributed by atoms with van der Waals surface area (Å²) in [5, 5.41) is 6.42. The molecule has 1 aromatic rings. The van der Waals surface area contributed by atoms with Crippen LogP contribution in [0.4, 0.5) is 0 Å². The molecule has 0 atom stereocenters. The fraction of sp³-hybridized carbons (Fsp3) is 0.364. The van der Waals surface area contributed by atoms with E-state index in [0.717, 1.165) is 0 Å². The summed E-state index contributed by atoms with van der Waals surface area (Å²) in [7, 11) is 1.73. The Balaban J connectivity index is 2.48. The SMILES string of the molecule is C=CCNC(=O)COC(=O)c1cnn(C)c1C. The van der Waals surface area contributed by atoms with E-state index >= 15 is 0 Å². The molecule has 0 aromatic carbocycles. The molecule has 6 heteroatoms. The van der Waals surface area contributed by atoms with Gasteiger partial charge in [-0.05, 0) is 6.92 Å². The minimum atomic E-state index is -0.552. The zero-order valence-electron chi connectivity index (χ0n) is 9.90. The highest BCUT2D eigenvalue weighted by molar-refractivity contribution is 5.92. The lowest BCUT2D eigenvalue weighted by atomic mass is 10.3. The van der Waals surface area contributed by atoms with Crippen LogP contribution in [0.15, 0.2) is 18.9 Å². The number of aromatic nitrogens is 2. The maximum atomic E-state index is 11.6. The maximum Gasteiger partial charge on any atom is 0.342 e. The van der Waals surface area contributed by atoms with Crippen molar-refractivity contribution < 1.29 is 14.3 Å². The summed E-state index contributed by atoms with van der Waals surface area (Å²) >= 11 is 0. The van der Waals surface area contributed by atoms with Crippen LogP contribution in [0, 0.1) is 6.92 Å². The summed E-state index contributed by atoms with van der Waals surface area (Å²) in [5.74, 6) is -0.913. The first-order chi connectivity index (χ1) is 8.06. The van der Waals surface area contributed by atoms with Crippen molar-refractivity contribution in [2.24, 2.45) is 7.05 Å². The molecule has 1 heterocycles. The summed E-state index contributed by atoms with van der Waals surface area (Å²) in [5.41, 5.74) is 1.06. The second-order valence-electron chi connectivity index (χ2n) is 3.44. The summed E-state index contributed by atoms with van der Waals surface area (Å²) < 4.78 is 6.41. The Labute approximate surface area is 99.3 Å². The minimum absolute atomic E-state index is 0.305. The molecular formula is C11H15N3O3. The number of nitrogens with one attached hydrogen (secondary N) is 1. The number of hydrogen-bond acceptors (Lipinski definition) is 4. The Hall–Kier alpha value is -2.11. The second kappa shape index (κ2) is 5.83. The lowest BCUT2D eigenvalue weighted by molar-refractivity contribution is -0.124. The number of esters is 1. The maximum absolute atomic E-state index is 11.6. The van der Waals surface area contributed by atoms with Crippen molar-refractivity contribution in [2.75, 3.05) is 13.2 Å². The number of aryl methyl sites for hydroxylation is 1. The van der Waals surface area contributed by atoms with Crippen molar-refractivity contribution >= 4 is 11.9 Å². The van der Waals surface area contributed by atoms with E-state index in [2.05, 4.69) is 17.0 Å². The van der Waals surface area contributed by atoms with Gasteiger partial charge < -0.3 is 10.1 Å². The zero-order valence-corrected chi connectivity index (χ0v) is 9.90. The van der Waals surface area contributed by atoms with Gasteiger partial charge in [0.05, 0.1) is 6.20 Å². The number of amides is 1. The predicted molar refractivity (Wildman–Crippen MR) is 61.4 cm³/mol. The van der Waals surface area contributed by atoms with Crippen LogP contribution in [0.2, 0.25) is 0 Å². The van der Waals surface area contributed by atoms with Crippen LogP contribution < -0.4 is 5.32 Å². The molecule has 0 unspecified atom stereocenters. The molecule has 1 aromatic heterocycles. The van der Waals surface area contributed by atoms with Crippen molar-refractivity contribution in [3.8, 4) is 0 Å². The van der Waals surface area contributed by atoms with Gasteiger partial charge in [-0.25, -0.2) is 4.79 Å². The van der Waals surface area contributed by atoms with E-state index < -0.39 is 5.97 Å². The third-order valence-electron chi connectivity index (χ3n) is 2.23. The van der Waals surface area contributed by atoms with Gasteiger partial charge in [0, 0.05) is 19.3 Å². The Morgan fingerprint density at radius 3 is 2.88 bits per heavy atom. The van der Waals surface area contributed by atoms with Crippen LogP contribution in [0.25, 0.3) is 0 Å². The average Bonchev–Trinajstić information content (AvgIpc) is 2.64. The molecule has 0 aliphatic heterocycles. The molecule has 1 rings (SSSR count). The smallest absolute Gasteiger partial charge is 0.342 e. The molecule has 0 aliphatic rings. The van der Waals surface area contributed by atoms with Gasteiger partial charge in [0.2, 0.25) is 0 Å². The fourth-order valence-corrected chi connectivity index (χ4v) is 1.14. The predicted octanol–water partition coefficient (Wildman–Crippen LogP) is 0.188. The molecule has 0 spiro atoms. The molecule has 6 nitrogen and oxygen atoms in total. The minimum Gasteiger partial charge on any atom is -0.452 e. The monoisotopic (exact) mass is 237 g/mol. The highest BCUT2D eigenvalue weighted by atomic mass is 16.5. The molecule has 0 fully saturated rings. The van der Waals surface area contributed by atoms with Crippen LogP contribution in [-0.4, -0.2) is 34.8 Å². The van der Waals surface area contributed by atoms with Gasteiger partial charge in [-0.15, -0.1) is 6.58 Å². The standard InChI is InChI=1S/C11H15N3O3/c1-4-5-12-10(15)7-17-11(16)9-6-13-14(3)8(9)2/h4,6H,1,5,7H2,2-3H3,(H,12,15). The van der Waals surface area contributed by atoms with E-state index in [-0.39, 0.29) is 12.5 Å². The number of ether oxygens (including phenoxy) is 1. The quantitative estimate of drug-likeness (QED) is 0.586. The number of carbonyl (C=O) groups excluding carboxylic acids is 2. The van der Waals surface area contributed by atoms with Crippen LogP contribution in [0.1, 0.15) is 16.1 Å². The van der Waals surface area contributed by atoms with Gasteiger partial charge in [-0.1, -0.05) is 6.08 Å². The molecule has 0 bridgehead atoms. The van der Waals surface area contributed by atoms with E-state index in [1.807, 2.05) is 0 Å². The summed E-state index contributed by atoms with van der Waals surface area (Å²) in [6.45, 7) is 5.25. The van der Waals surface area contributed by atoms with Gasteiger partial charge in [-0.2, -0.15) is 5.10 Å². The highest BCUT2D eigenvalue weighted by Crippen LogP contribution is 2.06. The lowest BCUT2D eigenvalue weighted by Crippen LogP contribution is -2.28. The van der Waals surface area contributed by atoms with Crippen LogP contribution in [-0.2, 0) is 16.6 Å². The van der Waals surface area contributed by atoms with E-state index in [0.29, 0.717) is 17.8 Å². The highest BCUT2D eigenvalue weighted by Gasteiger charge is 2.15. The normalized spacial score (nSPS) is 9.76.